The molecule has 1 heterocycles. The molecule has 0 amide bonds. The van der Waals surface area contributed by atoms with Crippen LogP contribution in [0.2, 0.25) is 0 Å². The lowest BCUT2D eigenvalue weighted by molar-refractivity contribution is -0.131. The molecule has 114 valence electrons. The van der Waals surface area contributed by atoms with Crippen LogP contribution >= 0.6 is 0 Å². The minimum Gasteiger partial charge on any atom is -0.478 e. The van der Waals surface area contributed by atoms with Gasteiger partial charge in [0.05, 0.1) is 0 Å². The Labute approximate surface area is 125 Å². The molecule has 0 saturated carbocycles. The molecule has 0 aromatic heterocycles. The molecule has 1 aliphatic heterocycles. The van der Waals surface area contributed by atoms with E-state index in [2.05, 4.69) is 4.90 Å². The first-order valence-electron chi connectivity index (χ1n) is 7.57. The van der Waals surface area contributed by atoms with Crippen LogP contribution in [0.5, 0.6) is 0 Å². The molecule has 2 rings (SSSR count). The van der Waals surface area contributed by atoms with Crippen LogP contribution in [0.15, 0.2) is 24.3 Å². The predicted octanol–water partition coefficient (Wildman–Crippen LogP) is 3.69. The van der Waals surface area contributed by atoms with Gasteiger partial charge in [-0.15, -0.1) is 0 Å². The lowest BCUT2D eigenvalue weighted by atomic mass is 10.0. The van der Waals surface area contributed by atoms with E-state index in [4.69, 9.17) is 5.11 Å². The van der Waals surface area contributed by atoms with E-state index in [-0.39, 0.29) is 5.82 Å². The highest BCUT2D eigenvalue weighted by Crippen LogP contribution is 2.18. The van der Waals surface area contributed by atoms with Crippen molar-refractivity contribution in [1.82, 2.24) is 4.90 Å². The quantitative estimate of drug-likeness (QED) is 0.860. The van der Waals surface area contributed by atoms with Crippen LogP contribution in [0.4, 0.5) is 4.39 Å². The Bertz CT molecular complexity index is 506. The van der Waals surface area contributed by atoms with Crippen molar-refractivity contribution in [3.05, 3.63) is 41.2 Å². The van der Waals surface area contributed by atoms with Crippen molar-refractivity contribution in [2.75, 3.05) is 13.1 Å². The Kier molecular flexibility index (Phi) is 5.93. The Balaban J connectivity index is 2.12. The fraction of sp³-hybridized carbons (Fsp3) is 0.471. The molecule has 1 aromatic carbocycles. The number of nitrogens with zero attached hydrogens (tertiary/aromatic N) is 1. The summed E-state index contributed by atoms with van der Waals surface area (Å²) < 4.78 is 13.4. The van der Waals surface area contributed by atoms with Gasteiger partial charge >= 0.3 is 5.97 Å². The van der Waals surface area contributed by atoms with Gasteiger partial charge in [-0.1, -0.05) is 25.3 Å². The highest BCUT2D eigenvalue weighted by atomic mass is 19.1. The van der Waals surface area contributed by atoms with Crippen molar-refractivity contribution in [2.24, 2.45) is 0 Å². The first-order valence-corrected chi connectivity index (χ1v) is 7.57. The second-order valence-corrected chi connectivity index (χ2v) is 5.56. The van der Waals surface area contributed by atoms with E-state index in [1.165, 1.54) is 50.3 Å². The summed E-state index contributed by atoms with van der Waals surface area (Å²) in [5.41, 5.74) is 1.63. The maximum atomic E-state index is 13.4. The summed E-state index contributed by atoms with van der Waals surface area (Å²) in [6.07, 6.45) is 8.79. The van der Waals surface area contributed by atoms with Gasteiger partial charge in [-0.05, 0) is 55.3 Å². The molecule has 1 fully saturated rings. The molecule has 1 aliphatic rings. The number of carboxylic acids is 1. The summed E-state index contributed by atoms with van der Waals surface area (Å²) >= 11 is 0. The fourth-order valence-corrected chi connectivity index (χ4v) is 2.74. The monoisotopic (exact) mass is 291 g/mol. The number of carbonyl (C=O) groups is 1. The van der Waals surface area contributed by atoms with Gasteiger partial charge in [-0.2, -0.15) is 0 Å². The molecular formula is C17H22FNO2. The molecule has 0 radical (unpaired) electrons. The Morgan fingerprint density at radius 3 is 2.52 bits per heavy atom. The summed E-state index contributed by atoms with van der Waals surface area (Å²) in [6, 6.07) is 4.60. The lowest BCUT2D eigenvalue weighted by Gasteiger charge is -2.25. The summed E-state index contributed by atoms with van der Waals surface area (Å²) in [7, 11) is 0. The minimum absolute atomic E-state index is 0.337. The average Bonchev–Trinajstić information content (AvgIpc) is 2.41. The number of benzene rings is 1. The molecular weight excluding hydrogens is 269 g/mol. The summed E-state index contributed by atoms with van der Waals surface area (Å²) in [5, 5.41) is 8.73. The predicted molar refractivity (Wildman–Crippen MR) is 81.4 cm³/mol. The van der Waals surface area contributed by atoms with E-state index in [0.29, 0.717) is 5.56 Å². The molecule has 0 bridgehead atoms. The topological polar surface area (TPSA) is 40.5 Å². The van der Waals surface area contributed by atoms with Crippen LogP contribution in [0, 0.1) is 5.82 Å². The van der Waals surface area contributed by atoms with Crippen molar-refractivity contribution in [3.8, 4) is 0 Å². The van der Waals surface area contributed by atoms with E-state index in [1.807, 2.05) is 0 Å². The van der Waals surface area contributed by atoms with E-state index in [0.717, 1.165) is 31.3 Å². The molecule has 1 aromatic rings. The Morgan fingerprint density at radius 2 is 1.86 bits per heavy atom. The summed E-state index contributed by atoms with van der Waals surface area (Å²) in [6.45, 7) is 2.86. The highest BCUT2D eigenvalue weighted by molar-refractivity contribution is 5.85. The Morgan fingerprint density at radius 1 is 1.19 bits per heavy atom. The maximum absolute atomic E-state index is 13.4. The molecule has 4 heteroatoms. The van der Waals surface area contributed by atoms with Gasteiger partial charge < -0.3 is 5.11 Å². The largest absolute Gasteiger partial charge is 0.478 e. The fourth-order valence-electron chi connectivity index (χ4n) is 2.74. The maximum Gasteiger partial charge on any atom is 0.328 e. The highest BCUT2D eigenvalue weighted by Gasteiger charge is 2.11. The number of carboxylic acid groups (broad SMARTS) is 1. The molecule has 1 saturated heterocycles. The third-order valence-electron chi connectivity index (χ3n) is 3.86. The first-order chi connectivity index (χ1) is 10.1. The van der Waals surface area contributed by atoms with Crippen molar-refractivity contribution in [1.29, 1.82) is 0 Å². The van der Waals surface area contributed by atoms with Crippen molar-refractivity contribution >= 4 is 12.0 Å². The van der Waals surface area contributed by atoms with Crippen LogP contribution in [0.25, 0.3) is 6.08 Å². The first kappa shape index (κ1) is 15.7. The van der Waals surface area contributed by atoms with Crippen LogP contribution < -0.4 is 0 Å². The lowest BCUT2D eigenvalue weighted by Crippen LogP contribution is -2.27. The number of rotatable bonds is 4. The number of hydrogen-bond donors (Lipinski definition) is 1. The number of aliphatic carboxylic acids is 1. The minimum atomic E-state index is -1.02. The summed E-state index contributed by atoms with van der Waals surface area (Å²) in [4.78, 5) is 13.0. The zero-order valence-corrected chi connectivity index (χ0v) is 12.2. The Hall–Kier alpha value is -1.68. The molecule has 0 unspecified atom stereocenters. The molecule has 1 N–H and O–H groups in total. The average molecular weight is 291 g/mol. The van der Waals surface area contributed by atoms with E-state index in [9.17, 15) is 9.18 Å². The van der Waals surface area contributed by atoms with Crippen molar-refractivity contribution < 1.29 is 14.3 Å². The van der Waals surface area contributed by atoms with Crippen LogP contribution in [0.1, 0.15) is 43.2 Å². The molecule has 21 heavy (non-hydrogen) atoms. The van der Waals surface area contributed by atoms with E-state index >= 15 is 0 Å². The van der Waals surface area contributed by atoms with Crippen molar-refractivity contribution in [2.45, 2.75) is 38.6 Å². The van der Waals surface area contributed by atoms with Crippen LogP contribution in [-0.4, -0.2) is 29.1 Å². The van der Waals surface area contributed by atoms with Gasteiger partial charge in [0.2, 0.25) is 0 Å². The number of hydrogen-bond acceptors (Lipinski definition) is 2. The zero-order valence-electron chi connectivity index (χ0n) is 12.2. The van der Waals surface area contributed by atoms with Gasteiger partial charge in [0, 0.05) is 12.6 Å². The number of halogens is 1. The standard InChI is InChI=1S/C17H22FNO2/c18-16-8-6-15(14(12-16)7-9-17(20)21)13-19-10-4-2-1-3-5-11-19/h6-9,12H,1-5,10-11,13H2,(H,20,21). The van der Waals surface area contributed by atoms with E-state index in [1.54, 1.807) is 6.07 Å². The normalized spacial score (nSPS) is 17.6. The van der Waals surface area contributed by atoms with Gasteiger partial charge in [0.1, 0.15) is 5.82 Å². The third-order valence-corrected chi connectivity index (χ3v) is 3.86. The van der Waals surface area contributed by atoms with Gasteiger partial charge in [-0.25, -0.2) is 9.18 Å². The molecule has 0 spiro atoms. The van der Waals surface area contributed by atoms with Crippen LogP contribution in [-0.2, 0) is 11.3 Å². The van der Waals surface area contributed by atoms with Gasteiger partial charge in [0.25, 0.3) is 0 Å². The molecule has 0 aliphatic carbocycles. The molecule has 3 nitrogen and oxygen atoms in total. The zero-order chi connectivity index (χ0) is 15.1. The second kappa shape index (κ2) is 7.93. The number of likely N-dealkylation sites (tertiary alicyclic amines) is 1. The third kappa shape index (κ3) is 5.31. The van der Waals surface area contributed by atoms with Crippen LogP contribution in [0.3, 0.4) is 0 Å². The van der Waals surface area contributed by atoms with Gasteiger partial charge in [0.15, 0.2) is 0 Å². The summed E-state index contributed by atoms with van der Waals surface area (Å²) in [5.74, 6) is -1.35. The SMILES string of the molecule is O=C(O)C=Cc1cc(F)ccc1CN1CCCCCCC1. The van der Waals surface area contributed by atoms with Gasteiger partial charge in [-0.3, -0.25) is 4.90 Å². The van der Waals surface area contributed by atoms with Crippen molar-refractivity contribution in [3.63, 3.8) is 0 Å². The second-order valence-electron chi connectivity index (χ2n) is 5.56. The molecule has 0 atom stereocenters. The van der Waals surface area contributed by atoms with E-state index < -0.39 is 5.97 Å². The smallest absolute Gasteiger partial charge is 0.328 e.